The molecule has 0 aliphatic carbocycles. The summed E-state index contributed by atoms with van der Waals surface area (Å²) in [5.74, 6) is 0.718. The number of benzene rings is 1. The summed E-state index contributed by atoms with van der Waals surface area (Å²) in [6.45, 7) is 1.87. The van der Waals surface area contributed by atoms with Crippen LogP contribution in [0, 0.1) is 0 Å². The number of aromatic nitrogens is 2. The predicted octanol–water partition coefficient (Wildman–Crippen LogP) is 4.40. The molecule has 3 rings (SSSR count). The van der Waals surface area contributed by atoms with Crippen LogP contribution in [-0.2, 0) is 0 Å². The molecular weight excluding hydrogens is 352 g/mol. The molecule has 0 saturated carbocycles. The smallest absolute Gasteiger partial charge is 0.232 e. The van der Waals surface area contributed by atoms with Crippen LogP contribution in [0.3, 0.4) is 0 Å². The first kappa shape index (κ1) is 14.4. The number of aliphatic hydroxyl groups is 1. The molecule has 0 aliphatic rings. The van der Waals surface area contributed by atoms with Gasteiger partial charge in [-0.05, 0) is 33.6 Å². The van der Waals surface area contributed by atoms with E-state index in [1.165, 1.54) is 11.3 Å². The number of thiophene rings is 1. The van der Waals surface area contributed by atoms with Gasteiger partial charge in [-0.1, -0.05) is 42.4 Å². The minimum atomic E-state index is -0.672. The average molecular weight is 365 g/mol. The molecule has 2 unspecified atom stereocenters. The molecule has 2 atom stereocenters. The van der Waals surface area contributed by atoms with Crippen LogP contribution in [0.4, 0.5) is 0 Å². The number of hydrogen-bond donors (Lipinski definition) is 1. The molecule has 0 bridgehead atoms. The molecule has 2 aromatic heterocycles. The second kappa shape index (κ2) is 6.09. The highest BCUT2D eigenvalue weighted by Crippen LogP contribution is 2.33. The van der Waals surface area contributed by atoms with Crippen LogP contribution in [0.5, 0.6) is 0 Å². The summed E-state index contributed by atoms with van der Waals surface area (Å²) in [5.41, 5.74) is 0.837. The maximum Gasteiger partial charge on any atom is 0.232 e. The van der Waals surface area contributed by atoms with E-state index in [9.17, 15) is 5.11 Å². The van der Waals surface area contributed by atoms with Crippen LogP contribution in [-0.4, -0.2) is 15.2 Å². The molecule has 4 nitrogen and oxygen atoms in total. The highest BCUT2D eigenvalue weighted by Gasteiger charge is 2.24. The molecule has 2 heterocycles. The Bertz CT molecular complexity index is 726. The summed E-state index contributed by atoms with van der Waals surface area (Å²) in [5, 5.41) is 14.4. The van der Waals surface area contributed by atoms with Gasteiger partial charge in [-0.2, -0.15) is 4.98 Å². The van der Waals surface area contributed by atoms with Gasteiger partial charge in [0.2, 0.25) is 11.7 Å². The Morgan fingerprint density at radius 2 is 1.95 bits per heavy atom. The topological polar surface area (TPSA) is 59.2 Å². The molecule has 0 spiro atoms. The lowest BCUT2D eigenvalue weighted by Gasteiger charge is -2.15. The van der Waals surface area contributed by atoms with Crippen molar-refractivity contribution in [2.45, 2.75) is 18.9 Å². The largest absolute Gasteiger partial charge is 0.388 e. The zero-order valence-electron chi connectivity index (χ0n) is 11.2. The summed E-state index contributed by atoms with van der Waals surface area (Å²) < 4.78 is 6.32. The van der Waals surface area contributed by atoms with E-state index >= 15 is 0 Å². The van der Waals surface area contributed by atoms with E-state index in [2.05, 4.69) is 26.1 Å². The van der Waals surface area contributed by atoms with Crippen molar-refractivity contribution in [2.24, 2.45) is 0 Å². The molecule has 1 N–H and O–H groups in total. The number of hydrogen-bond acceptors (Lipinski definition) is 5. The van der Waals surface area contributed by atoms with Gasteiger partial charge in [-0.15, -0.1) is 11.3 Å². The lowest BCUT2D eigenvalue weighted by molar-refractivity contribution is 0.135. The first-order chi connectivity index (χ1) is 10.1. The number of nitrogens with zero attached hydrogens (tertiary/aromatic N) is 2. The van der Waals surface area contributed by atoms with E-state index < -0.39 is 6.10 Å². The summed E-state index contributed by atoms with van der Waals surface area (Å²) in [6.07, 6.45) is -0.672. The number of rotatable bonds is 4. The van der Waals surface area contributed by atoms with Crippen molar-refractivity contribution in [2.75, 3.05) is 0 Å². The third-order valence-electron chi connectivity index (χ3n) is 3.24. The van der Waals surface area contributed by atoms with Gasteiger partial charge < -0.3 is 9.63 Å². The minimum Gasteiger partial charge on any atom is -0.388 e. The summed E-state index contributed by atoms with van der Waals surface area (Å²) in [6, 6.07) is 13.4. The van der Waals surface area contributed by atoms with E-state index in [-0.39, 0.29) is 5.92 Å². The van der Waals surface area contributed by atoms with E-state index in [1.54, 1.807) is 0 Å². The Labute approximate surface area is 134 Å². The maximum absolute atomic E-state index is 10.4. The Balaban J connectivity index is 1.82. The van der Waals surface area contributed by atoms with Gasteiger partial charge in [0, 0.05) is 0 Å². The highest BCUT2D eigenvalue weighted by molar-refractivity contribution is 9.11. The van der Waals surface area contributed by atoms with Crippen molar-refractivity contribution in [1.29, 1.82) is 0 Å². The first-order valence-corrected chi connectivity index (χ1v) is 8.08. The quantitative estimate of drug-likeness (QED) is 0.745. The second-order valence-corrected chi connectivity index (χ2v) is 7.17. The molecule has 3 aromatic rings. The molecule has 0 aliphatic heterocycles. The van der Waals surface area contributed by atoms with Crippen LogP contribution in [0.25, 0.3) is 10.7 Å². The fourth-order valence-electron chi connectivity index (χ4n) is 2.03. The Hall–Kier alpha value is -1.50. The number of aliphatic hydroxyl groups excluding tert-OH is 1. The van der Waals surface area contributed by atoms with E-state index in [0.717, 1.165) is 14.2 Å². The van der Waals surface area contributed by atoms with Gasteiger partial charge >= 0.3 is 0 Å². The molecular formula is C15H13BrN2O2S. The van der Waals surface area contributed by atoms with Gasteiger partial charge in [-0.3, -0.25) is 0 Å². The summed E-state index contributed by atoms with van der Waals surface area (Å²) >= 11 is 4.95. The van der Waals surface area contributed by atoms with E-state index in [4.69, 9.17) is 4.52 Å². The zero-order valence-corrected chi connectivity index (χ0v) is 13.6. The van der Waals surface area contributed by atoms with Crippen molar-refractivity contribution in [1.82, 2.24) is 10.1 Å². The average Bonchev–Trinajstić information content (AvgIpc) is 3.15. The maximum atomic E-state index is 10.4. The van der Waals surface area contributed by atoms with Crippen LogP contribution < -0.4 is 0 Å². The molecule has 1 aromatic carbocycles. The van der Waals surface area contributed by atoms with Gasteiger partial charge in [0.1, 0.15) is 0 Å². The lowest BCUT2D eigenvalue weighted by Crippen LogP contribution is -2.07. The molecule has 6 heteroatoms. The molecule has 108 valence electrons. The third-order valence-corrected chi connectivity index (χ3v) is 4.86. The number of halogens is 1. The third kappa shape index (κ3) is 3.07. The van der Waals surface area contributed by atoms with Gasteiger partial charge in [0.25, 0.3) is 0 Å². The van der Waals surface area contributed by atoms with Crippen LogP contribution in [0.1, 0.15) is 30.4 Å². The predicted molar refractivity (Wildman–Crippen MR) is 85.1 cm³/mol. The Morgan fingerprint density at radius 1 is 1.19 bits per heavy atom. The molecule has 0 radical (unpaired) electrons. The lowest BCUT2D eigenvalue weighted by atomic mass is 9.97. The second-order valence-electron chi connectivity index (χ2n) is 4.70. The molecule has 0 saturated heterocycles. The Kier molecular flexibility index (Phi) is 4.19. The summed E-state index contributed by atoms with van der Waals surface area (Å²) in [7, 11) is 0. The van der Waals surface area contributed by atoms with Crippen LogP contribution >= 0.6 is 27.3 Å². The zero-order chi connectivity index (χ0) is 14.8. The van der Waals surface area contributed by atoms with Crippen LogP contribution in [0.2, 0.25) is 0 Å². The Morgan fingerprint density at radius 3 is 2.62 bits per heavy atom. The van der Waals surface area contributed by atoms with E-state index in [1.807, 2.05) is 49.4 Å². The summed E-state index contributed by atoms with van der Waals surface area (Å²) in [4.78, 5) is 5.32. The molecule has 0 amide bonds. The van der Waals surface area contributed by atoms with Gasteiger partial charge in [0.05, 0.1) is 20.7 Å². The van der Waals surface area contributed by atoms with Crippen molar-refractivity contribution in [3.8, 4) is 10.7 Å². The van der Waals surface area contributed by atoms with E-state index in [0.29, 0.717) is 11.7 Å². The van der Waals surface area contributed by atoms with Crippen molar-refractivity contribution in [3.05, 3.63) is 57.7 Å². The van der Waals surface area contributed by atoms with Crippen LogP contribution in [0.15, 0.2) is 50.8 Å². The first-order valence-electron chi connectivity index (χ1n) is 6.47. The SMILES string of the molecule is CC(c1nc(-c2ccc(Br)s2)no1)C(O)c1ccccc1. The normalized spacial score (nSPS) is 14.0. The van der Waals surface area contributed by atoms with Crippen molar-refractivity contribution < 1.29 is 9.63 Å². The monoisotopic (exact) mass is 364 g/mol. The minimum absolute atomic E-state index is 0.267. The van der Waals surface area contributed by atoms with Crippen molar-refractivity contribution >= 4 is 27.3 Å². The molecule has 21 heavy (non-hydrogen) atoms. The standard InChI is InChI=1S/C15H13BrN2O2S/c1-9(13(19)10-5-3-2-4-6-10)15-17-14(18-20-15)11-7-8-12(16)21-11/h2-9,13,19H,1H3. The van der Waals surface area contributed by atoms with Gasteiger partial charge in [0.15, 0.2) is 0 Å². The highest BCUT2D eigenvalue weighted by atomic mass is 79.9. The fraction of sp³-hybridized carbons (Fsp3) is 0.200. The fourth-order valence-corrected chi connectivity index (χ4v) is 3.34. The van der Waals surface area contributed by atoms with Crippen molar-refractivity contribution in [3.63, 3.8) is 0 Å². The molecule has 0 fully saturated rings. The van der Waals surface area contributed by atoms with Gasteiger partial charge in [-0.25, -0.2) is 0 Å².